The molecule has 4 aliphatic carbocycles. The van der Waals surface area contributed by atoms with Crippen molar-refractivity contribution in [1.29, 1.82) is 0 Å². The van der Waals surface area contributed by atoms with Gasteiger partial charge in [0.25, 0.3) is 0 Å². The van der Waals surface area contributed by atoms with Gasteiger partial charge < -0.3 is 0 Å². The van der Waals surface area contributed by atoms with E-state index < -0.39 is 0 Å². The smallest absolute Gasteiger partial charge is 0.0924 e. The first-order valence-corrected chi connectivity index (χ1v) is 23.7. The molecule has 28 aromatic carbocycles. The lowest BCUT2D eigenvalue weighted by molar-refractivity contribution is 0.747. The molecule has 61 heavy (non-hydrogen) atoms. The van der Waals surface area contributed by atoms with Crippen LogP contribution in [0.25, 0.3) is 291 Å². The minimum absolute atomic E-state index is 0.0294. The Morgan fingerprint density at radius 3 is 0.393 bits per heavy atom. The van der Waals surface area contributed by atoms with Crippen LogP contribution in [0.2, 0.25) is 0 Å². The summed E-state index contributed by atoms with van der Waals surface area (Å²) in [6.45, 7) is 0. The second-order valence-corrected chi connectivity index (χ2v) is 24.6. The summed E-state index contributed by atoms with van der Waals surface area (Å²) in [5.74, 6) is 0. The maximum Gasteiger partial charge on any atom is 0.0924 e. The van der Waals surface area contributed by atoms with Gasteiger partial charge in [-0.1, -0.05) is 0 Å². The van der Waals surface area contributed by atoms with Crippen LogP contribution in [-0.2, 0) is 9.49 Å². The normalized spacial score (nSPS) is 23.8. The van der Waals surface area contributed by atoms with Gasteiger partial charge in [0.1, 0.15) is 0 Å². The predicted molar refractivity (Wildman–Crippen MR) is 261 cm³/mol. The molecule has 0 N–H and O–H groups in total. The Labute approximate surface area is 332 Å². The maximum absolute atomic E-state index is 2.45. The second-order valence-electron chi connectivity index (χ2n) is 23.2. The van der Waals surface area contributed by atoms with Crippen molar-refractivity contribution in [2.75, 3.05) is 0 Å². The van der Waals surface area contributed by atoms with Gasteiger partial charge in [0.05, 0.1) is 9.49 Å². The summed E-state index contributed by atoms with van der Waals surface area (Å²) in [5.41, 5.74) is 7.19. The molecule has 246 valence electrons. The summed E-state index contributed by atoms with van der Waals surface area (Å²) in [6, 6.07) is 0. The first kappa shape index (κ1) is 20.9. The van der Waals surface area contributed by atoms with Crippen LogP contribution in [0.15, 0.2) is 0 Å². The van der Waals surface area contributed by atoms with E-state index in [4.69, 9.17) is 0 Å². The molecule has 0 amide bonds. The summed E-state index contributed by atoms with van der Waals surface area (Å²) < 4.78 is -0.0588. The number of rotatable bonds is 0. The molecule has 1 aliphatic heterocycles. The topological polar surface area (TPSA) is 0 Å². The van der Waals surface area contributed by atoms with E-state index in [0.29, 0.717) is 0 Å². The number of hydrogen-bond donors (Lipinski definition) is 0. The van der Waals surface area contributed by atoms with E-state index in [1.807, 2.05) is 0 Å². The Balaban J connectivity index is 1.32. The Morgan fingerprint density at radius 2 is 0.213 bits per heavy atom. The Bertz CT molecular complexity index is 6630. The third-order valence-corrected chi connectivity index (χ3v) is 25.3. The largest absolute Gasteiger partial charge is 0.124 e. The zero-order chi connectivity index (χ0) is 35.2. The number of thioether (sulfide) groups is 1. The van der Waals surface area contributed by atoms with Gasteiger partial charge in [0, 0.05) is 0 Å². The van der Waals surface area contributed by atoms with Crippen LogP contribution in [0.3, 0.4) is 0 Å². The number of benzene rings is 17. The monoisotopic (exact) mass is 752 g/mol. The molecule has 2 atom stereocenters. The highest BCUT2D eigenvalue weighted by atomic mass is 32.2. The molecule has 5 aliphatic rings. The molecule has 0 radical (unpaired) electrons. The molecule has 1 heteroatoms. The van der Waals surface area contributed by atoms with Crippen LogP contribution in [0.5, 0.6) is 0 Å². The van der Waals surface area contributed by atoms with E-state index in [9.17, 15) is 0 Å². The van der Waals surface area contributed by atoms with Crippen molar-refractivity contribution in [2.24, 2.45) is 0 Å². The van der Waals surface area contributed by atoms with Crippen molar-refractivity contribution < 1.29 is 0 Å². The summed E-state index contributed by atoms with van der Waals surface area (Å²) in [6.07, 6.45) is 0. The molecule has 0 bridgehead atoms. The predicted octanol–water partition coefficient (Wildman–Crippen LogP) is 17.0. The van der Waals surface area contributed by atoms with E-state index in [1.165, 1.54) is 0 Å². The third kappa shape index (κ3) is 0.997. The third-order valence-electron chi connectivity index (χ3n) is 23.4. The minimum atomic E-state index is -0.0294. The summed E-state index contributed by atoms with van der Waals surface area (Å²) in [4.78, 5) is 0. The zero-order valence-electron chi connectivity index (χ0n) is 30.4. The summed E-state index contributed by atoms with van der Waals surface area (Å²) in [5, 5.41) is 91.4. The van der Waals surface area contributed by atoms with Gasteiger partial charge in [-0.15, -0.1) is 11.8 Å². The standard InChI is InChI=1S/C60S/c61-59-55-48-41-29-21-12-3-1-2-4-7(3)16-23(21)31-32-24(16)22-13(4)15-11-6(2)9-8-5(1)10-14(12)27(29)35-33-19(10)17(8)25-26-18(9)20(11)34-36-28(15)30(22)42-44(32)53(52(55)43(31)41)56-49(42)47(36)51-40(34)38(26)45-37(25)39(33)50(46(35)48)57(59)54(45)58(51)60(56,59)61. The van der Waals surface area contributed by atoms with Gasteiger partial charge in [-0.25, -0.2) is 0 Å². The van der Waals surface area contributed by atoms with E-state index >= 15 is 0 Å². The molecule has 33 rings (SSSR count). The minimum Gasteiger partial charge on any atom is -0.124 e. The molecule has 2 spiro atoms. The fourth-order valence-electron chi connectivity index (χ4n) is 23.5. The summed E-state index contributed by atoms with van der Waals surface area (Å²) >= 11 is 2.45. The van der Waals surface area contributed by atoms with Crippen LogP contribution in [-0.4, -0.2) is 0 Å². The Kier molecular flexibility index (Phi) is 1.50. The fourth-order valence-corrected chi connectivity index (χ4v) is 25.6. The van der Waals surface area contributed by atoms with Crippen LogP contribution < -0.4 is 0 Å². The van der Waals surface area contributed by atoms with Gasteiger partial charge in [-0.05, 0) is 313 Å². The first-order valence-electron chi connectivity index (χ1n) is 22.9. The summed E-state index contributed by atoms with van der Waals surface area (Å²) in [7, 11) is 0. The SMILES string of the molecule is S1C23c4c5c6c7c8c9c(c%10c%11c2c2c%12c4c4c%13c5c5c7c7c8c8c%14c9c%10c9c%10c%11c2c2c%11c%12c4c4c%12c%13c5c5c7c7c8c8c%14c9c9c%10c2c2c%11c4c4c%12c5c7c5c8c9c2c45)C163. The first-order chi connectivity index (χ1) is 30.4. The highest BCUT2D eigenvalue weighted by Crippen LogP contribution is 2.95. The van der Waals surface area contributed by atoms with E-state index in [1.54, 1.807) is 313 Å². The van der Waals surface area contributed by atoms with Crippen LogP contribution in [0, 0.1) is 0 Å². The molecule has 0 aromatic heterocycles. The molecule has 0 nitrogen and oxygen atoms in total. The van der Waals surface area contributed by atoms with Crippen molar-refractivity contribution in [2.45, 2.75) is 9.49 Å². The van der Waals surface area contributed by atoms with Crippen molar-refractivity contribution in [3.05, 3.63) is 22.3 Å². The van der Waals surface area contributed by atoms with E-state index in [2.05, 4.69) is 11.8 Å². The van der Waals surface area contributed by atoms with Crippen molar-refractivity contribution in [3.8, 4) is 0 Å². The molecule has 1 fully saturated rings. The highest BCUT2D eigenvalue weighted by Gasteiger charge is 2.82. The highest BCUT2D eigenvalue weighted by molar-refractivity contribution is 8.09. The molecular weight excluding hydrogens is 753 g/mol. The van der Waals surface area contributed by atoms with Crippen molar-refractivity contribution in [1.82, 2.24) is 0 Å². The lowest BCUT2D eigenvalue weighted by Gasteiger charge is -2.29. The van der Waals surface area contributed by atoms with E-state index in [0.717, 1.165) is 0 Å². The lowest BCUT2D eigenvalue weighted by Crippen LogP contribution is -2.25. The lowest BCUT2D eigenvalue weighted by atomic mass is 9.69. The van der Waals surface area contributed by atoms with Gasteiger partial charge in [-0.3, -0.25) is 0 Å². The van der Waals surface area contributed by atoms with Crippen molar-refractivity contribution >= 4 is 303 Å². The second kappa shape index (κ2) is 4.38. The Morgan fingerprint density at radius 1 is 0.115 bits per heavy atom. The van der Waals surface area contributed by atoms with Gasteiger partial charge in [0.2, 0.25) is 0 Å². The van der Waals surface area contributed by atoms with Gasteiger partial charge in [0.15, 0.2) is 0 Å². The molecule has 0 saturated carbocycles. The van der Waals surface area contributed by atoms with E-state index in [-0.39, 0.29) is 9.49 Å². The van der Waals surface area contributed by atoms with Crippen LogP contribution in [0.4, 0.5) is 0 Å². The quantitative estimate of drug-likeness (QED) is 0.110. The van der Waals surface area contributed by atoms with Crippen LogP contribution >= 0.6 is 11.8 Å². The average Bonchev–Trinajstić information content (AvgIpc) is 4.11. The molecule has 1 heterocycles. The average molecular weight is 753 g/mol. The Hall–Kier alpha value is -7.19. The molecular formula is C60S. The molecule has 1 saturated heterocycles. The fraction of sp³-hybridized carbons (Fsp3) is 0.0333. The molecule has 2 unspecified atom stereocenters. The zero-order valence-corrected chi connectivity index (χ0v) is 31.2. The van der Waals surface area contributed by atoms with Gasteiger partial charge >= 0.3 is 0 Å². The maximum atomic E-state index is 2.45. The van der Waals surface area contributed by atoms with Crippen molar-refractivity contribution in [3.63, 3.8) is 0 Å². The van der Waals surface area contributed by atoms with Crippen LogP contribution in [0.1, 0.15) is 22.3 Å². The molecule has 28 aromatic rings. The number of hydrogen-bond acceptors (Lipinski definition) is 1. The van der Waals surface area contributed by atoms with Gasteiger partial charge in [-0.2, -0.15) is 0 Å².